The molecule has 0 amide bonds. The lowest BCUT2D eigenvalue weighted by Gasteiger charge is -2.30. The maximum absolute atomic E-state index is 2.38. The van der Waals surface area contributed by atoms with Gasteiger partial charge in [-0.25, -0.2) is 0 Å². The molecular formula is C49H32. The number of rotatable bonds is 4. The molecule has 0 aliphatic heterocycles. The molecule has 0 unspecified atom stereocenters. The topological polar surface area (TPSA) is 0 Å². The van der Waals surface area contributed by atoms with Crippen LogP contribution < -0.4 is 0 Å². The van der Waals surface area contributed by atoms with Crippen LogP contribution in [0.25, 0.3) is 66.8 Å². The van der Waals surface area contributed by atoms with E-state index in [1.165, 1.54) is 89.0 Å². The molecule has 0 fully saturated rings. The second-order valence-electron chi connectivity index (χ2n) is 13.2. The first-order valence-corrected chi connectivity index (χ1v) is 17.1. The highest BCUT2D eigenvalue weighted by Gasteiger charge is 2.52. The summed E-state index contributed by atoms with van der Waals surface area (Å²) in [6, 6.07) is 71.6. The van der Waals surface area contributed by atoms with E-state index >= 15 is 0 Å². The van der Waals surface area contributed by atoms with Crippen LogP contribution in [0.4, 0.5) is 0 Å². The van der Waals surface area contributed by atoms with E-state index in [-0.39, 0.29) is 0 Å². The van der Waals surface area contributed by atoms with Gasteiger partial charge in [0.2, 0.25) is 0 Å². The third-order valence-corrected chi connectivity index (χ3v) is 10.7. The van der Waals surface area contributed by atoms with Crippen LogP contribution in [0, 0.1) is 0 Å². The molecule has 49 heavy (non-hydrogen) atoms. The van der Waals surface area contributed by atoms with Crippen LogP contribution >= 0.6 is 0 Å². The predicted octanol–water partition coefficient (Wildman–Crippen LogP) is 12.7. The largest absolute Gasteiger partial charge is 0.0725 e. The van der Waals surface area contributed by atoms with E-state index in [1.54, 1.807) is 0 Å². The normalized spacial score (nSPS) is 13.1. The standard InChI is InChI=1S/C49H32/c1-3-15-33(16-4-1)35-19-11-21-37(31-35)39-25-13-29-45-47(39)41-23-7-9-27-43(41)49(45)44-28-10-8-24-42(44)48-40(26-14-30-46(48)49)38-22-12-20-36(32-38)34-17-5-2-6-18-34/h1-32H. The van der Waals surface area contributed by atoms with E-state index in [1.807, 2.05) is 0 Å². The summed E-state index contributed by atoms with van der Waals surface area (Å²) >= 11 is 0. The SMILES string of the molecule is c1ccc(-c2cccc(-c3cccc4c3-c3ccccc3C43c4ccccc4-c4c(-c5cccc(-c6ccccc6)c5)cccc43)c2)cc1. The Kier molecular flexibility index (Phi) is 6.19. The number of fused-ring (bicyclic) bond motifs is 10. The summed E-state index contributed by atoms with van der Waals surface area (Å²) in [6.45, 7) is 0. The van der Waals surface area contributed by atoms with Crippen molar-refractivity contribution in [3.63, 3.8) is 0 Å². The van der Waals surface area contributed by atoms with E-state index in [9.17, 15) is 0 Å². The van der Waals surface area contributed by atoms with Crippen molar-refractivity contribution in [2.45, 2.75) is 5.41 Å². The molecule has 0 bridgehead atoms. The fourth-order valence-electron chi connectivity index (χ4n) is 8.71. The molecule has 2 aliphatic carbocycles. The molecule has 1 spiro atoms. The Balaban J connectivity index is 1.24. The maximum atomic E-state index is 2.38. The minimum absolute atomic E-state index is 0.419. The van der Waals surface area contributed by atoms with Crippen LogP contribution in [-0.4, -0.2) is 0 Å². The van der Waals surface area contributed by atoms with Gasteiger partial charge < -0.3 is 0 Å². The lowest BCUT2D eigenvalue weighted by Crippen LogP contribution is -2.25. The van der Waals surface area contributed by atoms with E-state index in [0.29, 0.717) is 0 Å². The minimum atomic E-state index is -0.419. The number of hydrogen-bond donors (Lipinski definition) is 0. The molecule has 8 aromatic carbocycles. The number of benzene rings is 8. The van der Waals surface area contributed by atoms with Gasteiger partial charge in [-0.1, -0.05) is 182 Å². The van der Waals surface area contributed by atoms with Gasteiger partial charge in [0.1, 0.15) is 0 Å². The first-order valence-electron chi connectivity index (χ1n) is 17.1. The lowest BCUT2D eigenvalue weighted by atomic mass is 9.70. The molecule has 0 heteroatoms. The van der Waals surface area contributed by atoms with Crippen molar-refractivity contribution >= 4 is 0 Å². The van der Waals surface area contributed by atoms with Crippen molar-refractivity contribution in [3.05, 3.63) is 216 Å². The molecule has 0 atom stereocenters. The molecule has 10 rings (SSSR count). The van der Waals surface area contributed by atoms with Gasteiger partial charge in [0.15, 0.2) is 0 Å². The summed E-state index contributed by atoms with van der Waals surface area (Å²) in [7, 11) is 0. The quantitative estimate of drug-likeness (QED) is 0.184. The lowest BCUT2D eigenvalue weighted by molar-refractivity contribution is 0.794. The Labute approximate surface area is 287 Å². The third kappa shape index (κ3) is 4.04. The highest BCUT2D eigenvalue weighted by molar-refractivity contribution is 6.03. The molecule has 0 radical (unpaired) electrons. The fourth-order valence-corrected chi connectivity index (χ4v) is 8.71. The van der Waals surface area contributed by atoms with Crippen molar-refractivity contribution in [2.75, 3.05) is 0 Å². The Morgan fingerprint density at radius 1 is 0.224 bits per heavy atom. The van der Waals surface area contributed by atoms with Crippen LogP contribution in [0.2, 0.25) is 0 Å². The van der Waals surface area contributed by atoms with Gasteiger partial charge in [0, 0.05) is 0 Å². The van der Waals surface area contributed by atoms with Gasteiger partial charge in [-0.15, -0.1) is 0 Å². The van der Waals surface area contributed by atoms with Crippen LogP contribution in [0.5, 0.6) is 0 Å². The average Bonchev–Trinajstić information content (AvgIpc) is 3.66. The van der Waals surface area contributed by atoms with Crippen molar-refractivity contribution in [1.82, 2.24) is 0 Å². The van der Waals surface area contributed by atoms with E-state index in [2.05, 4.69) is 194 Å². The molecule has 0 aromatic heterocycles. The minimum Gasteiger partial charge on any atom is -0.0622 e. The second kappa shape index (κ2) is 10.9. The highest BCUT2D eigenvalue weighted by Crippen LogP contribution is 2.65. The summed E-state index contributed by atoms with van der Waals surface area (Å²) in [6.07, 6.45) is 0. The molecule has 0 N–H and O–H groups in total. The zero-order valence-corrected chi connectivity index (χ0v) is 27.0. The van der Waals surface area contributed by atoms with Crippen LogP contribution in [-0.2, 0) is 5.41 Å². The summed E-state index contributed by atoms with van der Waals surface area (Å²) in [4.78, 5) is 0. The fraction of sp³-hybridized carbons (Fsp3) is 0.0204. The summed E-state index contributed by atoms with van der Waals surface area (Å²) in [5, 5.41) is 0. The summed E-state index contributed by atoms with van der Waals surface area (Å²) < 4.78 is 0. The Hall–Kier alpha value is -6.24. The molecule has 0 saturated carbocycles. The molecule has 228 valence electrons. The molecule has 0 nitrogen and oxygen atoms in total. The van der Waals surface area contributed by atoms with Crippen LogP contribution in [0.15, 0.2) is 194 Å². The van der Waals surface area contributed by atoms with E-state index < -0.39 is 5.41 Å². The third-order valence-electron chi connectivity index (χ3n) is 10.7. The van der Waals surface area contributed by atoms with Crippen molar-refractivity contribution in [3.8, 4) is 66.8 Å². The van der Waals surface area contributed by atoms with Gasteiger partial charge in [-0.2, -0.15) is 0 Å². The first kappa shape index (κ1) is 27.8. The Morgan fingerprint density at radius 2 is 0.551 bits per heavy atom. The molecule has 0 saturated heterocycles. The zero-order chi connectivity index (χ0) is 32.4. The monoisotopic (exact) mass is 620 g/mol. The average molecular weight is 621 g/mol. The predicted molar refractivity (Wildman–Crippen MR) is 204 cm³/mol. The molecule has 8 aromatic rings. The van der Waals surface area contributed by atoms with E-state index in [4.69, 9.17) is 0 Å². The second-order valence-corrected chi connectivity index (χ2v) is 13.2. The van der Waals surface area contributed by atoms with Crippen molar-refractivity contribution in [1.29, 1.82) is 0 Å². The zero-order valence-electron chi connectivity index (χ0n) is 27.0. The van der Waals surface area contributed by atoms with Gasteiger partial charge in [0.05, 0.1) is 5.41 Å². The highest BCUT2D eigenvalue weighted by atomic mass is 14.5. The van der Waals surface area contributed by atoms with Gasteiger partial charge in [-0.3, -0.25) is 0 Å². The maximum Gasteiger partial charge on any atom is 0.0725 e. The van der Waals surface area contributed by atoms with Gasteiger partial charge in [-0.05, 0) is 101 Å². The Bertz CT molecular complexity index is 2360. The Morgan fingerprint density at radius 3 is 1.02 bits per heavy atom. The molecule has 2 aliphatic rings. The summed E-state index contributed by atoms with van der Waals surface area (Å²) in [5.41, 5.74) is 20.3. The van der Waals surface area contributed by atoms with Crippen molar-refractivity contribution in [2.24, 2.45) is 0 Å². The van der Waals surface area contributed by atoms with E-state index in [0.717, 1.165) is 0 Å². The van der Waals surface area contributed by atoms with Gasteiger partial charge in [0.25, 0.3) is 0 Å². The molecular weight excluding hydrogens is 589 g/mol. The van der Waals surface area contributed by atoms with Gasteiger partial charge >= 0.3 is 0 Å². The van der Waals surface area contributed by atoms with Crippen LogP contribution in [0.3, 0.4) is 0 Å². The van der Waals surface area contributed by atoms with Crippen molar-refractivity contribution < 1.29 is 0 Å². The molecule has 0 heterocycles. The summed E-state index contributed by atoms with van der Waals surface area (Å²) in [5.74, 6) is 0. The van der Waals surface area contributed by atoms with Crippen LogP contribution in [0.1, 0.15) is 22.3 Å². The first-order chi connectivity index (χ1) is 24.3. The number of hydrogen-bond acceptors (Lipinski definition) is 0. The smallest absolute Gasteiger partial charge is 0.0622 e.